The van der Waals surface area contributed by atoms with Crippen molar-refractivity contribution in [1.82, 2.24) is 19.9 Å². The van der Waals surface area contributed by atoms with Gasteiger partial charge in [-0.2, -0.15) is 9.61 Å². The van der Waals surface area contributed by atoms with Crippen molar-refractivity contribution in [2.24, 2.45) is 0 Å². The van der Waals surface area contributed by atoms with Gasteiger partial charge in [-0.3, -0.25) is 14.9 Å². The lowest BCUT2D eigenvalue weighted by molar-refractivity contribution is -0.124. The number of benzene rings is 1. The molecule has 0 spiro atoms. The summed E-state index contributed by atoms with van der Waals surface area (Å²) < 4.78 is 16.1. The minimum Gasteiger partial charge on any atom is -0.367 e. The van der Waals surface area contributed by atoms with Gasteiger partial charge in [-0.25, -0.2) is 9.37 Å². The molecular weight excluding hydrogens is 387 g/mol. The minimum atomic E-state index is -0.410. The van der Waals surface area contributed by atoms with Crippen molar-refractivity contribution < 1.29 is 14.0 Å². The SMILES string of the molecule is Cc1cccc(Nc2cc(NC3CC3)n3ncc(/C=C4\CC(=O)NC4=O)c3n2)c1F. The molecule has 1 saturated carbocycles. The van der Waals surface area contributed by atoms with E-state index >= 15 is 0 Å². The van der Waals surface area contributed by atoms with Crippen LogP contribution in [0.5, 0.6) is 0 Å². The summed E-state index contributed by atoms with van der Waals surface area (Å²) >= 11 is 0. The molecule has 30 heavy (non-hydrogen) atoms. The smallest absolute Gasteiger partial charge is 0.254 e. The highest BCUT2D eigenvalue weighted by Gasteiger charge is 2.26. The second-order valence-corrected chi connectivity index (χ2v) is 7.57. The number of nitrogens with one attached hydrogen (secondary N) is 3. The summed E-state index contributed by atoms with van der Waals surface area (Å²) in [5.41, 5.74) is 2.31. The van der Waals surface area contributed by atoms with Crippen LogP contribution in [0.3, 0.4) is 0 Å². The van der Waals surface area contributed by atoms with Gasteiger partial charge in [0, 0.05) is 23.2 Å². The predicted octanol–water partition coefficient (Wildman–Crippen LogP) is 2.92. The molecule has 5 rings (SSSR count). The maximum Gasteiger partial charge on any atom is 0.254 e. The van der Waals surface area contributed by atoms with Gasteiger partial charge in [0.15, 0.2) is 5.65 Å². The lowest BCUT2D eigenvalue weighted by Gasteiger charge is -2.12. The van der Waals surface area contributed by atoms with E-state index in [1.54, 1.807) is 48.0 Å². The zero-order chi connectivity index (χ0) is 20.8. The molecule has 9 heteroatoms. The number of halogens is 1. The van der Waals surface area contributed by atoms with E-state index in [-0.39, 0.29) is 18.1 Å². The fourth-order valence-electron chi connectivity index (χ4n) is 3.38. The maximum atomic E-state index is 14.5. The van der Waals surface area contributed by atoms with E-state index in [0.29, 0.717) is 39.9 Å². The van der Waals surface area contributed by atoms with Gasteiger partial charge < -0.3 is 10.6 Å². The van der Waals surface area contributed by atoms with Gasteiger partial charge in [0.1, 0.15) is 17.5 Å². The zero-order valence-corrected chi connectivity index (χ0v) is 16.2. The second-order valence-electron chi connectivity index (χ2n) is 7.57. The van der Waals surface area contributed by atoms with E-state index in [0.717, 1.165) is 18.7 Å². The number of hydrogen-bond donors (Lipinski definition) is 3. The first kappa shape index (κ1) is 18.3. The zero-order valence-electron chi connectivity index (χ0n) is 16.2. The summed E-state index contributed by atoms with van der Waals surface area (Å²) in [7, 11) is 0. The van der Waals surface area contributed by atoms with Gasteiger partial charge in [0.05, 0.1) is 18.3 Å². The molecule has 0 radical (unpaired) electrons. The van der Waals surface area contributed by atoms with E-state index in [1.165, 1.54) is 0 Å². The van der Waals surface area contributed by atoms with Gasteiger partial charge in [0.2, 0.25) is 5.91 Å². The molecule has 0 atom stereocenters. The highest BCUT2D eigenvalue weighted by atomic mass is 19.1. The first-order valence-corrected chi connectivity index (χ1v) is 9.70. The largest absolute Gasteiger partial charge is 0.367 e. The molecule has 0 unspecified atom stereocenters. The number of anilines is 3. The van der Waals surface area contributed by atoms with Crippen LogP contribution in [0.15, 0.2) is 36.0 Å². The van der Waals surface area contributed by atoms with Crippen molar-refractivity contribution in [2.75, 3.05) is 10.6 Å². The van der Waals surface area contributed by atoms with Gasteiger partial charge >= 0.3 is 0 Å². The van der Waals surface area contributed by atoms with Crippen LogP contribution in [0.25, 0.3) is 11.7 Å². The fourth-order valence-corrected chi connectivity index (χ4v) is 3.38. The fraction of sp³-hybridized carbons (Fsp3) is 0.238. The molecule has 2 aromatic heterocycles. The number of aromatic nitrogens is 3. The molecule has 1 aliphatic carbocycles. The van der Waals surface area contributed by atoms with Crippen LogP contribution in [0.2, 0.25) is 0 Å². The Bertz CT molecular complexity index is 1230. The average molecular weight is 406 g/mol. The Kier molecular flexibility index (Phi) is 4.23. The van der Waals surface area contributed by atoms with Crippen LogP contribution in [-0.4, -0.2) is 32.5 Å². The summed E-state index contributed by atoms with van der Waals surface area (Å²) in [4.78, 5) is 28.0. The highest BCUT2D eigenvalue weighted by molar-refractivity contribution is 6.15. The summed E-state index contributed by atoms with van der Waals surface area (Å²) in [5.74, 6) is 0.0839. The molecule has 1 aromatic carbocycles. The summed E-state index contributed by atoms with van der Waals surface area (Å²) in [5, 5.41) is 13.1. The van der Waals surface area contributed by atoms with Crippen LogP contribution in [0.1, 0.15) is 30.4 Å². The summed E-state index contributed by atoms with van der Waals surface area (Å²) in [6.07, 6.45) is 5.38. The number of amides is 2. The lowest BCUT2D eigenvalue weighted by atomic mass is 10.1. The molecule has 1 saturated heterocycles. The number of carbonyl (C=O) groups is 2. The van der Waals surface area contributed by atoms with Crippen molar-refractivity contribution in [2.45, 2.75) is 32.2 Å². The third-order valence-corrected chi connectivity index (χ3v) is 5.11. The molecule has 152 valence electrons. The van der Waals surface area contributed by atoms with E-state index in [4.69, 9.17) is 0 Å². The Balaban J connectivity index is 1.59. The molecule has 3 heterocycles. The van der Waals surface area contributed by atoms with Crippen molar-refractivity contribution in [3.63, 3.8) is 0 Å². The maximum absolute atomic E-state index is 14.5. The minimum absolute atomic E-state index is 0.0236. The Morgan fingerprint density at radius 3 is 2.87 bits per heavy atom. The molecule has 2 amide bonds. The van der Waals surface area contributed by atoms with Crippen LogP contribution in [-0.2, 0) is 9.59 Å². The molecule has 2 fully saturated rings. The molecule has 8 nitrogen and oxygen atoms in total. The molecule has 1 aliphatic heterocycles. The normalized spacial score (nSPS) is 17.6. The Morgan fingerprint density at radius 2 is 2.13 bits per heavy atom. The average Bonchev–Trinajstić information content (AvgIpc) is 3.34. The molecule has 3 aromatic rings. The van der Waals surface area contributed by atoms with E-state index in [9.17, 15) is 14.0 Å². The standard InChI is InChI=1S/C21H19FN6O2/c1-11-3-2-4-15(19(11)22)25-16-9-17(24-14-5-6-14)28-20(26-16)13(10-23-28)7-12-8-18(29)27-21(12)30/h2-4,7,9-10,14,24H,5-6,8H2,1H3,(H,25,26)(H,27,29,30)/b12-7+. The van der Waals surface area contributed by atoms with Crippen LogP contribution >= 0.6 is 0 Å². The summed E-state index contributed by atoms with van der Waals surface area (Å²) in [6, 6.07) is 7.27. The number of carbonyl (C=O) groups excluding carboxylic acids is 2. The number of fused-ring (bicyclic) bond motifs is 1. The quantitative estimate of drug-likeness (QED) is 0.445. The molecule has 2 aliphatic rings. The van der Waals surface area contributed by atoms with Gasteiger partial charge in [-0.05, 0) is 37.5 Å². The van der Waals surface area contributed by atoms with Crippen molar-refractivity contribution in [3.05, 3.63) is 53.0 Å². The predicted molar refractivity (Wildman–Crippen MR) is 110 cm³/mol. The Morgan fingerprint density at radius 1 is 1.30 bits per heavy atom. The number of hydrogen-bond acceptors (Lipinski definition) is 6. The third kappa shape index (κ3) is 3.38. The van der Waals surface area contributed by atoms with E-state index < -0.39 is 5.91 Å². The van der Waals surface area contributed by atoms with Gasteiger partial charge in [-0.1, -0.05) is 12.1 Å². The van der Waals surface area contributed by atoms with Gasteiger partial charge in [0.25, 0.3) is 5.91 Å². The lowest BCUT2D eigenvalue weighted by Crippen LogP contribution is -2.19. The van der Waals surface area contributed by atoms with Crippen molar-refractivity contribution in [1.29, 1.82) is 0 Å². The summed E-state index contributed by atoms with van der Waals surface area (Å²) in [6.45, 7) is 1.70. The van der Waals surface area contributed by atoms with Gasteiger partial charge in [-0.15, -0.1) is 0 Å². The monoisotopic (exact) mass is 406 g/mol. The third-order valence-electron chi connectivity index (χ3n) is 5.11. The van der Waals surface area contributed by atoms with Crippen LogP contribution in [0, 0.1) is 12.7 Å². The topological polar surface area (TPSA) is 100 Å². The Labute approximate surface area is 171 Å². The van der Waals surface area contributed by atoms with Crippen LogP contribution < -0.4 is 16.0 Å². The number of aryl methyl sites for hydroxylation is 1. The second kappa shape index (κ2) is 6.94. The van der Waals surface area contributed by atoms with Crippen molar-refractivity contribution >= 4 is 40.9 Å². The molecular formula is C21H19FN6O2. The number of nitrogens with zero attached hydrogens (tertiary/aromatic N) is 3. The van der Waals surface area contributed by atoms with Crippen LogP contribution in [0.4, 0.5) is 21.7 Å². The number of imide groups is 1. The first-order chi connectivity index (χ1) is 14.5. The van der Waals surface area contributed by atoms with E-state index in [1.807, 2.05) is 0 Å². The first-order valence-electron chi connectivity index (χ1n) is 9.70. The molecule has 0 bridgehead atoms. The van der Waals surface area contributed by atoms with Crippen molar-refractivity contribution in [3.8, 4) is 0 Å². The van der Waals surface area contributed by atoms with E-state index in [2.05, 4.69) is 26.0 Å². The number of rotatable bonds is 5. The highest BCUT2D eigenvalue weighted by Crippen LogP contribution is 2.29. The Hall–Kier alpha value is -3.75. The molecule has 3 N–H and O–H groups in total.